The van der Waals surface area contributed by atoms with Crippen molar-refractivity contribution in [1.29, 1.82) is 5.26 Å². The maximum absolute atomic E-state index is 10.9. The SMILES string of the molecule is CN(CCC#N)c1cc(Cl)c(Cl)cc1[N+](=O)[O-]. The van der Waals surface area contributed by atoms with Crippen LogP contribution in [0.4, 0.5) is 11.4 Å². The van der Waals surface area contributed by atoms with Crippen LogP contribution < -0.4 is 4.90 Å². The Morgan fingerprint density at radius 2 is 2.06 bits per heavy atom. The zero-order valence-corrected chi connectivity index (χ0v) is 10.5. The molecule has 90 valence electrons. The van der Waals surface area contributed by atoms with Crippen LogP contribution >= 0.6 is 23.2 Å². The molecule has 5 nitrogen and oxygen atoms in total. The van der Waals surface area contributed by atoms with Crippen molar-refractivity contribution >= 4 is 34.6 Å². The lowest BCUT2D eigenvalue weighted by atomic mass is 10.2. The second-order valence-electron chi connectivity index (χ2n) is 3.34. The molecule has 0 atom stereocenters. The summed E-state index contributed by atoms with van der Waals surface area (Å²) in [7, 11) is 1.66. The van der Waals surface area contributed by atoms with Gasteiger partial charge in [-0.15, -0.1) is 0 Å². The van der Waals surface area contributed by atoms with Crippen LogP contribution in [-0.2, 0) is 0 Å². The fourth-order valence-electron chi connectivity index (χ4n) is 1.32. The Kier molecular flexibility index (Phi) is 4.55. The lowest BCUT2D eigenvalue weighted by Gasteiger charge is -2.18. The number of nitro benzene ring substituents is 1. The summed E-state index contributed by atoms with van der Waals surface area (Å²) < 4.78 is 0. The Morgan fingerprint density at radius 3 is 2.59 bits per heavy atom. The number of hydrogen-bond donors (Lipinski definition) is 0. The molecule has 1 rings (SSSR count). The number of anilines is 1. The number of halogens is 2. The van der Waals surface area contributed by atoms with Crippen LogP contribution in [0.3, 0.4) is 0 Å². The maximum Gasteiger partial charge on any atom is 0.294 e. The lowest BCUT2D eigenvalue weighted by molar-refractivity contribution is -0.384. The molecule has 0 heterocycles. The Balaban J connectivity index is 3.17. The summed E-state index contributed by atoms with van der Waals surface area (Å²) in [5.41, 5.74) is 0.222. The second-order valence-corrected chi connectivity index (χ2v) is 4.16. The summed E-state index contributed by atoms with van der Waals surface area (Å²) in [6.07, 6.45) is 0.272. The Bertz CT molecular complexity index is 485. The standard InChI is InChI=1S/C10H9Cl2N3O2/c1-14(4-2-3-13)9-5-7(11)8(12)6-10(9)15(16)17/h5-6H,2,4H2,1H3. The van der Waals surface area contributed by atoms with Gasteiger partial charge in [-0.1, -0.05) is 23.2 Å². The zero-order valence-electron chi connectivity index (χ0n) is 8.98. The van der Waals surface area contributed by atoms with Crippen LogP contribution in [0.5, 0.6) is 0 Å². The largest absolute Gasteiger partial charge is 0.368 e. The van der Waals surface area contributed by atoms with Gasteiger partial charge in [0.05, 0.1) is 27.5 Å². The van der Waals surface area contributed by atoms with Crippen molar-refractivity contribution in [2.75, 3.05) is 18.5 Å². The third-order valence-corrected chi connectivity index (χ3v) is 2.91. The number of hydrogen-bond acceptors (Lipinski definition) is 4. The Hall–Kier alpha value is -1.51. The molecular formula is C10H9Cl2N3O2. The number of nitriles is 1. The topological polar surface area (TPSA) is 70.2 Å². The summed E-state index contributed by atoms with van der Waals surface area (Å²) in [6, 6.07) is 4.61. The van der Waals surface area contributed by atoms with Crippen LogP contribution in [0.2, 0.25) is 10.0 Å². The second kappa shape index (κ2) is 5.71. The van der Waals surface area contributed by atoms with Crippen molar-refractivity contribution in [1.82, 2.24) is 0 Å². The van der Waals surface area contributed by atoms with E-state index < -0.39 is 4.92 Å². The van der Waals surface area contributed by atoms with Gasteiger partial charge in [-0.2, -0.15) is 5.26 Å². The molecule has 17 heavy (non-hydrogen) atoms. The highest BCUT2D eigenvalue weighted by Gasteiger charge is 2.19. The van der Waals surface area contributed by atoms with Gasteiger partial charge in [-0.25, -0.2) is 0 Å². The first kappa shape index (κ1) is 13.6. The predicted molar refractivity (Wildman–Crippen MR) is 66.6 cm³/mol. The molecule has 0 spiro atoms. The fourth-order valence-corrected chi connectivity index (χ4v) is 1.63. The Morgan fingerprint density at radius 1 is 1.47 bits per heavy atom. The van der Waals surface area contributed by atoms with E-state index in [1.807, 2.05) is 6.07 Å². The van der Waals surface area contributed by atoms with Gasteiger partial charge in [0.2, 0.25) is 0 Å². The van der Waals surface area contributed by atoms with Gasteiger partial charge >= 0.3 is 0 Å². The van der Waals surface area contributed by atoms with E-state index in [1.165, 1.54) is 12.1 Å². The van der Waals surface area contributed by atoms with E-state index in [0.29, 0.717) is 12.2 Å². The first-order chi connectivity index (χ1) is 7.97. The van der Waals surface area contributed by atoms with E-state index in [2.05, 4.69) is 0 Å². The molecule has 1 aromatic rings. The van der Waals surface area contributed by atoms with E-state index in [0.717, 1.165) is 0 Å². The number of nitrogens with zero attached hydrogens (tertiary/aromatic N) is 3. The van der Waals surface area contributed by atoms with E-state index in [1.54, 1.807) is 11.9 Å². The molecule has 0 unspecified atom stereocenters. The van der Waals surface area contributed by atoms with Crippen LogP contribution in [0.1, 0.15) is 6.42 Å². The molecule has 0 aliphatic rings. The third-order valence-electron chi connectivity index (χ3n) is 2.18. The van der Waals surface area contributed by atoms with Crippen LogP contribution in [0.25, 0.3) is 0 Å². The maximum atomic E-state index is 10.9. The third kappa shape index (κ3) is 3.22. The monoisotopic (exact) mass is 273 g/mol. The molecule has 0 fully saturated rings. The fraction of sp³-hybridized carbons (Fsp3) is 0.300. The molecule has 7 heteroatoms. The van der Waals surface area contributed by atoms with Gasteiger partial charge in [0.25, 0.3) is 5.69 Å². The zero-order chi connectivity index (χ0) is 13.0. The summed E-state index contributed by atoms with van der Waals surface area (Å²) in [6.45, 7) is 0.384. The molecule has 0 N–H and O–H groups in total. The molecule has 0 aliphatic heterocycles. The minimum Gasteiger partial charge on any atom is -0.368 e. The molecule has 0 radical (unpaired) electrons. The van der Waals surface area contributed by atoms with Crippen molar-refractivity contribution in [3.8, 4) is 6.07 Å². The summed E-state index contributed by atoms with van der Waals surface area (Å²) >= 11 is 11.6. The predicted octanol–water partition coefficient (Wildman–Crippen LogP) is 3.25. The van der Waals surface area contributed by atoms with Gasteiger partial charge < -0.3 is 4.90 Å². The van der Waals surface area contributed by atoms with Crippen molar-refractivity contribution in [3.05, 3.63) is 32.3 Å². The van der Waals surface area contributed by atoms with Gasteiger partial charge in [0.1, 0.15) is 5.69 Å². The Labute approximate surface area is 108 Å². The van der Waals surface area contributed by atoms with Gasteiger partial charge in [-0.05, 0) is 6.07 Å². The van der Waals surface area contributed by atoms with Gasteiger partial charge in [0.15, 0.2) is 0 Å². The van der Waals surface area contributed by atoms with Crippen molar-refractivity contribution < 1.29 is 4.92 Å². The number of nitro groups is 1. The molecule has 0 bridgehead atoms. The highest BCUT2D eigenvalue weighted by atomic mass is 35.5. The summed E-state index contributed by atoms with van der Waals surface area (Å²) in [4.78, 5) is 11.9. The number of benzene rings is 1. The minimum absolute atomic E-state index is 0.125. The van der Waals surface area contributed by atoms with Crippen molar-refractivity contribution in [3.63, 3.8) is 0 Å². The number of rotatable bonds is 4. The van der Waals surface area contributed by atoms with Crippen LogP contribution in [0.15, 0.2) is 12.1 Å². The molecule has 0 aromatic heterocycles. The van der Waals surface area contributed by atoms with Gasteiger partial charge in [0, 0.05) is 19.7 Å². The highest BCUT2D eigenvalue weighted by Crippen LogP contribution is 2.35. The van der Waals surface area contributed by atoms with E-state index >= 15 is 0 Å². The first-order valence-electron chi connectivity index (χ1n) is 4.69. The smallest absolute Gasteiger partial charge is 0.294 e. The van der Waals surface area contributed by atoms with E-state index in [4.69, 9.17) is 28.5 Å². The molecule has 0 amide bonds. The van der Waals surface area contributed by atoms with Gasteiger partial charge in [-0.3, -0.25) is 10.1 Å². The quantitative estimate of drug-likeness (QED) is 0.624. The summed E-state index contributed by atoms with van der Waals surface area (Å²) in [5, 5.41) is 19.7. The average Bonchev–Trinajstić information content (AvgIpc) is 2.28. The van der Waals surface area contributed by atoms with E-state index in [9.17, 15) is 10.1 Å². The molecule has 1 aromatic carbocycles. The van der Waals surface area contributed by atoms with Crippen LogP contribution in [-0.4, -0.2) is 18.5 Å². The lowest BCUT2D eigenvalue weighted by Crippen LogP contribution is -2.19. The summed E-state index contributed by atoms with van der Waals surface area (Å²) in [5.74, 6) is 0. The highest BCUT2D eigenvalue weighted by molar-refractivity contribution is 6.42. The molecule has 0 saturated carbocycles. The molecular weight excluding hydrogens is 265 g/mol. The first-order valence-corrected chi connectivity index (χ1v) is 5.44. The normalized spacial score (nSPS) is 9.76. The van der Waals surface area contributed by atoms with E-state index in [-0.39, 0.29) is 22.2 Å². The minimum atomic E-state index is -0.527. The van der Waals surface area contributed by atoms with Crippen molar-refractivity contribution in [2.24, 2.45) is 0 Å². The average molecular weight is 274 g/mol. The molecule has 0 saturated heterocycles. The van der Waals surface area contributed by atoms with Crippen LogP contribution in [0, 0.1) is 21.4 Å². The molecule has 0 aliphatic carbocycles. The van der Waals surface area contributed by atoms with Crippen molar-refractivity contribution in [2.45, 2.75) is 6.42 Å².